The summed E-state index contributed by atoms with van der Waals surface area (Å²) in [6.45, 7) is 5.52. The van der Waals surface area contributed by atoms with Crippen molar-refractivity contribution in [1.29, 1.82) is 0 Å². The van der Waals surface area contributed by atoms with Crippen LogP contribution in [0.2, 0.25) is 0 Å². The molecule has 0 bridgehead atoms. The van der Waals surface area contributed by atoms with Crippen LogP contribution in [0.25, 0.3) is 0 Å². The van der Waals surface area contributed by atoms with Crippen LogP contribution in [0.3, 0.4) is 0 Å². The van der Waals surface area contributed by atoms with Gasteiger partial charge >= 0.3 is 0 Å². The monoisotopic (exact) mass is 154 g/mol. The minimum atomic E-state index is 0.0509. The topological polar surface area (TPSA) is 34.9 Å². The highest BCUT2D eigenvalue weighted by molar-refractivity contribution is 5.92. The van der Waals surface area contributed by atoms with E-state index in [4.69, 9.17) is 0 Å². The zero-order chi connectivity index (χ0) is 8.85. The molecular formula is C8H14N2O. The molecule has 0 spiro atoms. The van der Waals surface area contributed by atoms with Crippen molar-refractivity contribution < 1.29 is 4.79 Å². The SMILES string of the molecule is CC.CC(=O)c1cncn1C. The predicted molar refractivity (Wildman–Crippen MR) is 44.6 cm³/mol. The molecule has 0 atom stereocenters. The molecule has 0 aliphatic rings. The quantitative estimate of drug-likeness (QED) is 0.576. The van der Waals surface area contributed by atoms with Gasteiger partial charge in [0.2, 0.25) is 0 Å². The Hall–Kier alpha value is -1.12. The van der Waals surface area contributed by atoms with E-state index in [2.05, 4.69) is 4.98 Å². The molecule has 3 nitrogen and oxygen atoms in total. The van der Waals surface area contributed by atoms with Crippen LogP contribution in [-0.4, -0.2) is 15.3 Å². The van der Waals surface area contributed by atoms with Crippen LogP contribution < -0.4 is 0 Å². The van der Waals surface area contributed by atoms with E-state index in [0.717, 1.165) is 0 Å². The average Bonchev–Trinajstić information content (AvgIpc) is 2.39. The second-order valence-electron chi connectivity index (χ2n) is 1.95. The van der Waals surface area contributed by atoms with E-state index in [0.29, 0.717) is 5.69 Å². The third-order valence-electron chi connectivity index (χ3n) is 1.18. The van der Waals surface area contributed by atoms with E-state index in [1.807, 2.05) is 13.8 Å². The van der Waals surface area contributed by atoms with Gasteiger partial charge in [0, 0.05) is 14.0 Å². The van der Waals surface area contributed by atoms with Crippen LogP contribution in [0.5, 0.6) is 0 Å². The Balaban J connectivity index is 0.000000461. The first kappa shape index (κ1) is 9.88. The number of aryl methyl sites for hydroxylation is 1. The summed E-state index contributed by atoms with van der Waals surface area (Å²) >= 11 is 0. The summed E-state index contributed by atoms with van der Waals surface area (Å²) in [5, 5.41) is 0. The van der Waals surface area contributed by atoms with Gasteiger partial charge in [0.25, 0.3) is 0 Å². The zero-order valence-electron chi connectivity index (χ0n) is 7.46. The molecule has 1 aromatic heterocycles. The van der Waals surface area contributed by atoms with Crippen LogP contribution in [-0.2, 0) is 7.05 Å². The number of imidazole rings is 1. The summed E-state index contributed by atoms with van der Waals surface area (Å²) in [5.41, 5.74) is 0.648. The van der Waals surface area contributed by atoms with Gasteiger partial charge in [-0.15, -0.1) is 0 Å². The summed E-state index contributed by atoms with van der Waals surface area (Å²) in [7, 11) is 1.80. The molecule has 0 radical (unpaired) electrons. The number of nitrogens with zero attached hydrogens (tertiary/aromatic N) is 2. The number of hydrogen-bond acceptors (Lipinski definition) is 2. The highest BCUT2D eigenvalue weighted by Crippen LogP contribution is 1.95. The maximum Gasteiger partial charge on any atom is 0.177 e. The minimum Gasteiger partial charge on any atom is -0.331 e. The summed E-state index contributed by atoms with van der Waals surface area (Å²) in [5.74, 6) is 0.0509. The minimum absolute atomic E-state index is 0.0509. The third-order valence-corrected chi connectivity index (χ3v) is 1.18. The van der Waals surface area contributed by atoms with E-state index >= 15 is 0 Å². The highest BCUT2D eigenvalue weighted by Gasteiger charge is 2.00. The van der Waals surface area contributed by atoms with E-state index in [-0.39, 0.29) is 5.78 Å². The molecular weight excluding hydrogens is 140 g/mol. The normalized spacial score (nSPS) is 8.36. The first-order chi connectivity index (χ1) is 5.22. The lowest BCUT2D eigenvalue weighted by molar-refractivity contribution is 0.101. The molecule has 1 rings (SSSR count). The Bertz CT molecular complexity index is 228. The van der Waals surface area contributed by atoms with Crippen LogP contribution in [0, 0.1) is 0 Å². The molecule has 11 heavy (non-hydrogen) atoms. The number of carbonyl (C=O) groups is 1. The Kier molecular flexibility index (Phi) is 4.18. The molecule has 1 heterocycles. The maximum atomic E-state index is 10.7. The fourth-order valence-electron chi connectivity index (χ4n) is 0.696. The largest absolute Gasteiger partial charge is 0.331 e. The van der Waals surface area contributed by atoms with E-state index in [1.165, 1.54) is 6.92 Å². The summed E-state index contributed by atoms with van der Waals surface area (Å²) in [4.78, 5) is 14.5. The predicted octanol–water partition coefficient (Wildman–Crippen LogP) is 1.65. The molecule has 0 N–H and O–H groups in total. The second-order valence-corrected chi connectivity index (χ2v) is 1.95. The highest BCUT2D eigenvalue weighted by atomic mass is 16.1. The number of rotatable bonds is 1. The molecule has 0 aromatic carbocycles. The van der Waals surface area contributed by atoms with Gasteiger partial charge in [0.1, 0.15) is 5.69 Å². The standard InChI is InChI=1S/C6H8N2O.C2H6/c1-5(9)6-3-7-4-8(6)2;1-2/h3-4H,1-2H3;1-2H3. The Morgan fingerprint density at radius 3 is 2.27 bits per heavy atom. The Morgan fingerprint density at radius 1 is 1.55 bits per heavy atom. The summed E-state index contributed by atoms with van der Waals surface area (Å²) in [6.07, 6.45) is 3.17. The lowest BCUT2D eigenvalue weighted by Gasteiger charge is -1.92. The van der Waals surface area contributed by atoms with Crippen molar-refractivity contribution in [2.75, 3.05) is 0 Å². The van der Waals surface area contributed by atoms with Crippen LogP contribution in [0.15, 0.2) is 12.5 Å². The van der Waals surface area contributed by atoms with Crippen LogP contribution >= 0.6 is 0 Å². The van der Waals surface area contributed by atoms with Gasteiger partial charge < -0.3 is 4.57 Å². The molecule has 0 amide bonds. The molecule has 0 aliphatic heterocycles. The van der Waals surface area contributed by atoms with Gasteiger partial charge in [-0.1, -0.05) is 13.8 Å². The zero-order valence-corrected chi connectivity index (χ0v) is 7.46. The Morgan fingerprint density at radius 2 is 2.09 bits per heavy atom. The van der Waals surface area contributed by atoms with Crippen molar-refractivity contribution in [3.8, 4) is 0 Å². The van der Waals surface area contributed by atoms with Crippen molar-refractivity contribution >= 4 is 5.78 Å². The smallest absolute Gasteiger partial charge is 0.177 e. The average molecular weight is 154 g/mol. The summed E-state index contributed by atoms with van der Waals surface area (Å²) in [6, 6.07) is 0. The van der Waals surface area contributed by atoms with E-state index < -0.39 is 0 Å². The van der Waals surface area contributed by atoms with Crippen LogP contribution in [0.4, 0.5) is 0 Å². The van der Waals surface area contributed by atoms with Gasteiger partial charge in [-0.2, -0.15) is 0 Å². The first-order valence-electron chi connectivity index (χ1n) is 3.69. The number of Topliss-reactive ketones (excluding diaryl/α,β-unsaturated/α-hetero) is 1. The molecule has 62 valence electrons. The molecule has 1 aromatic rings. The fraction of sp³-hybridized carbons (Fsp3) is 0.500. The molecule has 3 heteroatoms. The summed E-state index contributed by atoms with van der Waals surface area (Å²) < 4.78 is 1.70. The lowest BCUT2D eigenvalue weighted by Crippen LogP contribution is -1.99. The Labute approximate surface area is 67.1 Å². The van der Waals surface area contributed by atoms with Gasteiger partial charge in [-0.3, -0.25) is 4.79 Å². The maximum absolute atomic E-state index is 10.7. The molecule has 0 saturated heterocycles. The molecule has 0 aliphatic carbocycles. The van der Waals surface area contributed by atoms with Gasteiger partial charge in [0.05, 0.1) is 12.5 Å². The van der Waals surface area contributed by atoms with Crippen molar-refractivity contribution in [2.45, 2.75) is 20.8 Å². The lowest BCUT2D eigenvalue weighted by atomic mass is 10.3. The van der Waals surface area contributed by atoms with Gasteiger partial charge in [-0.05, 0) is 0 Å². The molecule has 0 saturated carbocycles. The van der Waals surface area contributed by atoms with Crippen molar-refractivity contribution in [3.05, 3.63) is 18.2 Å². The third kappa shape index (κ3) is 2.53. The van der Waals surface area contributed by atoms with Crippen molar-refractivity contribution in [3.63, 3.8) is 0 Å². The fourth-order valence-corrected chi connectivity index (χ4v) is 0.696. The second kappa shape index (κ2) is 4.66. The first-order valence-corrected chi connectivity index (χ1v) is 3.69. The van der Waals surface area contributed by atoms with Gasteiger partial charge in [-0.25, -0.2) is 4.98 Å². The molecule has 0 fully saturated rings. The number of carbonyl (C=O) groups excluding carboxylic acids is 1. The number of aromatic nitrogens is 2. The van der Waals surface area contributed by atoms with Crippen molar-refractivity contribution in [2.24, 2.45) is 7.05 Å². The van der Waals surface area contributed by atoms with Crippen LogP contribution in [0.1, 0.15) is 31.3 Å². The van der Waals surface area contributed by atoms with E-state index in [1.54, 1.807) is 24.1 Å². The molecule has 0 unspecified atom stereocenters. The number of ketones is 1. The van der Waals surface area contributed by atoms with E-state index in [9.17, 15) is 4.79 Å². The number of hydrogen-bond donors (Lipinski definition) is 0. The van der Waals surface area contributed by atoms with Crippen molar-refractivity contribution in [1.82, 2.24) is 9.55 Å². The van der Waals surface area contributed by atoms with Gasteiger partial charge in [0.15, 0.2) is 5.78 Å².